The Morgan fingerprint density at radius 3 is 2.48 bits per heavy atom. The van der Waals surface area contributed by atoms with Gasteiger partial charge in [0.15, 0.2) is 11.5 Å². The zero-order chi connectivity index (χ0) is 16.7. The molecule has 0 aromatic heterocycles. The van der Waals surface area contributed by atoms with Crippen LogP contribution >= 0.6 is 0 Å². The molecule has 0 atom stereocenters. The Balaban J connectivity index is 2.13. The van der Waals surface area contributed by atoms with E-state index in [1.165, 1.54) is 6.07 Å². The monoisotopic (exact) mass is 317 g/mol. The minimum absolute atomic E-state index is 0.171. The van der Waals surface area contributed by atoms with E-state index in [0.29, 0.717) is 29.5 Å². The molecule has 4 heteroatoms. The summed E-state index contributed by atoms with van der Waals surface area (Å²) in [6, 6.07) is 12.4. The molecule has 0 saturated heterocycles. The van der Waals surface area contributed by atoms with Crippen molar-refractivity contribution in [1.29, 1.82) is 0 Å². The van der Waals surface area contributed by atoms with Crippen molar-refractivity contribution in [3.05, 3.63) is 59.4 Å². The zero-order valence-corrected chi connectivity index (χ0v) is 13.9. The highest BCUT2D eigenvalue weighted by atomic mass is 19.1. The summed E-state index contributed by atoms with van der Waals surface area (Å²) in [4.78, 5) is 0. The van der Waals surface area contributed by atoms with Gasteiger partial charge >= 0.3 is 0 Å². The average Bonchev–Trinajstić information content (AvgIpc) is 2.54. The molecule has 0 radical (unpaired) electrons. The van der Waals surface area contributed by atoms with Crippen molar-refractivity contribution in [1.82, 2.24) is 5.32 Å². The van der Waals surface area contributed by atoms with Gasteiger partial charge in [0.25, 0.3) is 0 Å². The first-order chi connectivity index (χ1) is 11.1. The molecule has 23 heavy (non-hydrogen) atoms. The first-order valence-electron chi connectivity index (χ1n) is 7.84. The summed E-state index contributed by atoms with van der Waals surface area (Å²) in [5.74, 6) is 1.63. The molecule has 0 amide bonds. The van der Waals surface area contributed by atoms with Gasteiger partial charge in [-0.2, -0.15) is 0 Å². The number of hydrogen-bond donors (Lipinski definition) is 1. The predicted octanol–water partition coefficient (Wildman–Crippen LogP) is 4.16. The molecule has 2 aromatic carbocycles. The van der Waals surface area contributed by atoms with Crippen LogP contribution in [0.4, 0.5) is 4.39 Å². The largest absolute Gasteiger partial charge is 0.493 e. The molecule has 0 spiro atoms. The van der Waals surface area contributed by atoms with E-state index in [9.17, 15) is 4.39 Å². The van der Waals surface area contributed by atoms with Crippen molar-refractivity contribution in [3.63, 3.8) is 0 Å². The highest BCUT2D eigenvalue weighted by Gasteiger charge is 2.12. The summed E-state index contributed by atoms with van der Waals surface area (Å²) in [5, 5.41) is 3.39. The third-order valence-electron chi connectivity index (χ3n) is 3.48. The summed E-state index contributed by atoms with van der Waals surface area (Å²) >= 11 is 0. The number of rotatable bonds is 8. The number of ether oxygens (including phenoxy) is 2. The summed E-state index contributed by atoms with van der Waals surface area (Å²) in [7, 11) is 1.61. The van der Waals surface area contributed by atoms with E-state index in [0.717, 1.165) is 12.1 Å². The first-order valence-corrected chi connectivity index (χ1v) is 7.84. The Labute approximate surface area is 137 Å². The summed E-state index contributed by atoms with van der Waals surface area (Å²) in [6.07, 6.45) is 0. The molecule has 0 aliphatic carbocycles. The number of halogens is 1. The maximum atomic E-state index is 13.7. The van der Waals surface area contributed by atoms with Gasteiger partial charge in [-0.05, 0) is 24.6 Å². The smallest absolute Gasteiger partial charge is 0.166 e. The minimum Gasteiger partial charge on any atom is -0.493 e. The zero-order valence-electron chi connectivity index (χ0n) is 13.9. The van der Waals surface area contributed by atoms with Crippen molar-refractivity contribution in [2.75, 3.05) is 13.7 Å². The molecule has 0 unspecified atom stereocenters. The van der Waals surface area contributed by atoms with E-state index in [1.54, 1.807) is 25.3 Å². The Hall–Kier alpha value is -2.07. The Kier molecular flexibility index (Phi) is 6.41. The van der Waals surface area contributed by atoms with Gasteiger partial charge in [0.2, 0.25) is 0 Å². The van der Waals surface area contributed by atoms with E-state index < -0.39 is 0 Å². The van der Waals surface area contributed by atoms with Crippen LogP contribution in [0.3, 0.4) is 0 Å². The number of hydrogen-bond acceptors (Lipinski definition) is 3. The lowest BCUT2D eigenvalue weighted by atomic mass is 10.1. The summed E-state index contributed by atoms with van der Waals surface area (Å²) in [5.41, 5.74) is 1.53. The quantitative estimate of drug-likeness (QED) is 0.793. The molecule has 0 bridgehead atoms. The molecule has 0 fully saturated rings. The van der Waals surface area contributed by atoms with Crippen molar-refractivity contribution in [2.45, 2.75) is 27.0 Å². The van der Waals surface area contributed by atoms with Crippen molar-refractivity contribution < 1.29 is 13.9 Å². The van der Waals surface area contributed by atoms with Gasteiger partial charge in [-0.3, -0.25) is 0 Å². The third kappa shape index (κ3) is 4.96. The number of benzene rings is 2. The van der Waals surface area contributed by atoms with Gasteiger partial charge in [0, 0.05) is 17.7 Å². The highest BCUT2D eigenvalue weighted by Crippen LogP contribution is 2.32. The van der Waals surface area contributed by atoms with E-state index in [-0.39, 0.29) is 12.4 Å². The summed E-state index contributed by atoms with van der Waals surface area (Å²) in [6.45, 7) is 6.10. The maximum absolute atomic E-state index is 13.7. The molecule has 2 rings (SSSR count). The van der Waals surface area contributed by atoms with Crippen molar-refractivity contribution in [3.8, 4) is 11.5 Å². The van der Waals surface area contributed by atoms with E-state index in [2.05, 4.69) is 19.2 Å². The van der Waals surface area contributed by atoms with Crippen LogP contribution in [0, 0.1) is 11.7 Å². The lowest BCUT2D eigenvalue weighted by Crippen LogP contribution is -2.19. The Morgan fingerprint density at radius 1 is 1.04 bits per heavy atom. The SMILES string of the molecule is COc1cccc(CNCC(C)C)c1OCc1ccccc1F. The minimum atomic E-state index is -0.262. The fourth-order valence-electron chi connectivity index (χ4n) is 2.29. The fourth-order valence-corrected chi connectivity index (χ4v) is 2.29. The first kappa shape index (κ1) is 17.3. The third-order valence-corrected chi connectivity index (χ3v) is 3.48. The van der Waals surface area contributed by atoms with Gasteiger partial charge < -0.3 is 14.8 Å². The second-order valence-electron chi connectivity index (χ2n) is 5.85. The molecule has 1 N–H and O–H groups in total. The lowest BCUT2D eigenvalue weighted by molar-refractivity contribution is 0.276. The van der Waals surface area contributed by atoms with Gasteiger partial charge in [0.05, 0.1) is 7.11 Å². The van der Waals surface area contributed by atoms with E-state index >= 15 is 0 Å². The van der Waals surface area contributed by atoms with E-state index in [4.69, 9.17) is 9.47 Å². The van der Waals surface area contributed by atoms with Crippen LogP contribution in [0.2, 0.25) is 0 Å². The average molecular weight is 317 g/mol. The van der Waals surface area contributed by atoms with Crippen LogP contribution in [-0.2, 0) is 13.2 Å². The normalized spacial score (nSPS) is 10.8. The number of para-hydroxylation sites is 1. The Bertz CT molecular complexity index is 629. The fraction of sp³-hybridized carbons (Fsp3) is 0.368. The molecule has 124 valence electrons. The van der Waals surface area contributed by atoms with Crippen LogP contribution in [0.5, 0.6) is 11.5 Å². The molecular weight excluding hydrogens is 293 g/mol. The summed E-state index contributed by atoms with van der Waals surface area (Å²) < 4.78 is 25.0. The van der Waals surface area contributed by atoms with Gasteiger partial charge in [-0.1, -0.05) is 44.2 Å². The van der Waals surface area contributed by atoms with Crippen LogP contribution in [0.1, 0.15) is 25.0 Å². The molecule has 0 aliphatic rings. The second-order valence-corrected chi connectivity index (χ2v) is 5.85. The van der Waals surface area contributed by atoms with E-state index in [1.807, 2.05) is 18.2 Å². The van der Waals surface area contributed by atoms with Gasteiger partial charge in [0.1, 0.15) is 12.4 Å². The second kappa shape index (κ2) is 8.53. The molecular formula is C19H24FNO2. The van der Waals surface area contributed by atoms with Crippen LogP contribution in [-0.4, -0.2) is 13.7 Å². The highest BCUT2D eigenvalue weighted by molar-refractivity contribution is 5.46. The predicted molar refractivity (Wildman–Crippen MR) is 90.3 cm³/mol. The van der Waals surface area contributed by atoms with Crippen LogP contribution in [0.25, 0.3) is 0 Å². The lowest BCUT2D eigenvalue weighted by Gasteiger charge is -2.16. The van der Waals surface area contributed by atoms with Crippen molar-refractivity contribution >= 4 is 0 Å². The van der Waals surface area contributed by atoms with Crippen molar-refractivity contribution in [2.24, 2.45) is 5.92 Å². The number of nitrogens with one attached hydrogen (secondary N) is 1. The van der Waals surface area contributed by atoms with Crippen LogP contribution in [0.15, 0.2) is 42.5 Å². The number of methoxy groups -OCH3 is 1. The maximum Gasteiger partial charge on any atom is 0.166 e. The molecule has 3 nitrogen and oxygen atoms in total. The van der Waals surface area contributed by atoms with Gasteiger partial charge in [-0.25, -0.2) is 4.39 Å². The molecule has 2 aromatic rings. The Morgan fingerprint density at radius 2 is 1.78 bits per heavy atom. The molecule has 0 heterocycles. The topological polar surface area (TPSA) is 30.5 Å². The van der Waals surface area contributed by atoms with Crippen LogP contribution < -0.4 is 14.8 Å². The van der Waals surface area contributed by atoms with Gasteiger partial charge in [-0.15, -0.1) is 0 Å². The molecule has 0 aliphatic heterocycles. The standard InChI is InChI=1S/C19H24FNO2/c1-14(2)11-21-12-15-8-6-10-18(22-3)19(15)23-13-16-7-4-5-9-17(16)20/h4-10,14,21H,11-13H2,1-3H3. The molecule has 0 saturated carbocycles.